The second-order valence-electron chi connectivity index (χ2n) is 4.97. The fourth-order valence-corrected chi connectivity index (χ4v) is 2.27. The molecule has 0 saturated heterocycles. The minimum Gasteiger partial charge on any atom is -0.384 e. The summed E-state index contributed by atoms with van der Waals surface area (Å²) in [5, 5.41) is 3.40. The first-order chi connectivity index (χ1) is 8.15. The number of likely N-dealkylation sites (N-methyl/N-ethyl adjacent to an activating group) is 1. The highest BCUT2D eigenvalue weighted by molar-refractivity contribution is 5.22. The van der Waals surface area contributed by atoms with Crippen LogP contribution in [-0.2, 0) is 11.2 Å². The number of nitrogens with one attached hydrogen (secondary N) is 1. The number of benzene rings is 1. The minimum atomic E-state index is 0.530. The molecule has 0 amide bonds. The van der Waals surface area contributed by atoms with E-state index in [9.17, 15) is 0 Å². The maximum absolute atomic E-state index is 5.19. The molecule has 0 radical (unpaired) electrons. The molecule has 1 aromatic carbocycles. The molecular weight excluding hydrogens is 210 g/mol. The molecule has 0 aliphatic carbocycles. The van der Waals surface area contributed by atoms with Crippen LogP contribution in [-0.4, -0.2) is 26.8 Å². The number of hydrogen-bond acceptors (Lipinski definition) is 2. The first-order valence-corrected chi connectivity index (χ1v) is 6.37. The third-order valence-electron chi connectivity index (χ3n) is 3.11. The van der Waals surface area contributed by atoms with E-state index in [0.717, 1.165) is 19.4 Å². The predicted molar refractivity (Wildman–Crippen MR) is 73.4 cm³/mol. The molecule has 0 bridgehead atoms. The Kier molecular flexibility index (Phi) is 6.23. The van der Waals surface area contributed by atoms with Crippen molar-refractivity contribution >= 4 is 0 Å². The molecule has 0 aliphatic rings. The first kappa shape index (κ1) is 14.2. The van der Waals surface area contributed by atoms with Gasteiger partial charge in [0.15, 0.2) is 0 Å². The maximum atomic E-state index is 5.19. The third kappa shape index (κ3) is 5.33. The highest BCUT2D eigenvalue weighted by Gasteiger charge is 2.12. The van der Waals surface area contributed by atoms with Gasteiger partial charge in [0, 0.05) is 19.8 Å². The lowest BCUT2D eigenvalue weighted by atomic mass is 9.96. The normalized spacial score (nSPS) is 14.6. The highest BCUT2D eigenvalue weighted by atomic mass is 16.5. The zero-order chi connectivity index (χ0) is 12.7. The van der Waals surface area contributed by atoms with Crippen molar-refractivity contribution in [2.45, 2.75) is 32.7 Å². The largest absolute Gasteiger partial charge is 0.384 e. The number of hydrogen-bond donors (Lipinski definition) is 1. The van der Waals surface area contributed by atoms with Gasteiger partial charge in [0.1, 0.15) is 0 Å². The van der Waals surface area contributed by atoms with Crippen LogP contribution in [0.15, 0.2) is 24.3 Å². The summed E-state index contributed by atoms with van der Waals surface area (Å²) in [6.45, 7) is 5.22. The lowest BCUT2D eigenvalue weighted by molar-refractivity contribution is 0.150. The molecule has 96 valence electrons. The number of aryl methyl sites for hydroxylation is 1. The smallest absolute Gasteiger partial charge is 0.0488 e. The lowest BCUT2D eigenvalue weighted by Crippen LogP contribution is -2.30. The van der Waals surface area contributed by atoms with Gasteiger partial charge >= 0.3 is 0 Å². The van der Waals surface area contributed by atoms with Crippen molar-refractivity contribution in [3.63, 3.8) is 0 Å². The lowest BCUT2D eigenvalue weighted by Gasteiger charge is -2.20. The standard InChI is InChI=1S/C15H25NO/c1-12-6-5-7-14(8-12)10-15(16-3)9-13(2)11-17-4/h5-8,13,15-16H,9-11H2,1-4H3. The van der Waals surface area contributed by atoms with Crippen molar-refractivity contribution in [2.24, 2.45) is 5.92 Å². The zero-order valence-electron chi connectivity index (χ0n) is 11.5. The van der Waals surface area contributed by atoms with E-state index in [1.165, 1.54) is 11.1 Å². The molecule has 0 aliphatic heterocycles. The second kappa shape index (κ2) is 7.46. The van der Waals surface area contributed by atoms with Gasteiger partial charge in [0.2, 0.25) is 0 Å². The maximum Gasteiger partial charge on any atom is 0.0488 e. The summed E-state index contributed by atoms with van der Waals surface area (Å²) in [4.78, 5) is 0. The van der Waals surface area contributed by atoms with E-state index >= 15 is 0 Å². The summed E-state index contributed by atoms with van der Waals surface area (Å²) in [6.07, 6.45) is 2.24. The van der Waals surface area contributed by atoms with Gasteiger partial charge in [-0.05, 0) is 38.3 Å². The quantitative estimate of drug-likeness (QED) is 0.784. The molecule has 1 rings (SSSR count). The van der Waals surface area contributed by atoms with Crippen molar-refractivity contribution in [2.75, 3.05) is 20.8 Å². The summed E-state index contributed by atoms with van der Waals surface area (Å²) < 4.78 is 5.19. The third-order valence-corrected chi connectivity index (χ3v) is 3.11. The Balaban J connectivity index is 2.51. The van der Waals surface area contributed by atoms with Crippen molar-refractivity contribution < 1.29 is 4.74 Å². The van der Waals surface area contributed by atoms with Crippen LogP contribution in [0.2, 0.25) is 0 Å². The van der Waals surface area contributed by atoms with E-state index in [1.54, 1.807) is 7.11 Å². The Morgan fingerprint density at radius 2 is 2.12 bits per heavy atom. The van der Waals surface area contributed by atoms with E-state index in [4.69, 9.17) is 4.74 Å². The van der Waals surface area contributed by atoms with Gasteiger partial charge in [-0.15, -0.1) is 0 Å². The van der Waals surface area contributed by atoms with Crippen LogP contribution < -0.4 is 5.32 Å². The van der Waals surface area contributed by atoms with Crippen LogP contribution in [0.1, 0.15) is 24.5 Å². The van der Waals surface area contributed by atoms with Gasteiger partial charge in [0.25, 0.3) is 0 Å². The molecule has 0 heterocycles. The van der Waals surface area contributed by atoms with Gasteiger partial charge in [-0.25, -0.2) is 0 Å². The molecule has 2 heteroatoms. The molecule has 2 unspecified atom stereocenters. The van der Waals surface area contributed by atoms with Crippen LogP contribution in [0, 0.1) is 12.8 Å². The zero-order valence-corrected chi connectivity index (χ0v) is 11.5. The van der Waals surface area contributed by atoms with Crippen molar-refractivity contribution in [3.05, 3.63) is 35.4 Å². The summed E-state index contributed by atoms with van der Waals surface area (Å²) in [5.74, 6) is 0.599. The number of methoxy groups -OCH3 is 1. The van der Waals surface area contributed by atoms with E-state index in [2.05, 4.69) is 43.4 Å². The molecule has 17 heavy (non-hydrogen) atoms. The highest BCUT2D eigenvalue weighted by Crippen LogP contribution is 2.12. The van der Waals surface area contributed by atoms with E-state index < -0.39 is 0 Å². The summed E-state index contributed by atoms with van der Waals surface area (Å²) in [7, 11) is 3.81. The van der Waals surface area contributed by atoms with E-state index in [1.807, 2.05) is 7.05 Å². The van der Waals surface area contributed by atoms with Crippen LogP contribution in [0.25, 0.3) is 0 Å². The molecule has 0 saturated carbocycles. The monoisotopic (exact) mass is 235 g/mol. The minimum absolute atomic E-state index is 0.530. The van der Waals surface area contributed by atoms with Gasteiger partial charge in [0.05, 0.1) is 0 Å². The molecule has 1 aromatic rings. The fourth-order valence-electron chi connectivity index (χ4n) is 2.27. The van der Waals surface area contributed by atoms with Crippen molar-refractivity contribution in [1.82, 2.24) is 5.32 Å². The van der Waals surface area contributed by atoms with Crippen molar-refractivity contribution in [1.29, 1.82) is 0 Å². The van der Waals surface area contributed by atoms with E-state index in [0.29, 0.717) is 12.0 Å². The van der Waals surface area contributed by atoms with Gasteiger partial charge in [-0.3, -0.25) is 0 Å². The van der Waals surface area contributed by atoms with Crippen molar-refractivity contribution in [3.8, 4) is 0 Å². The van der Waals surface area contributed by atoms with Crippen LogP contribution in [0.5, 0.6) is 0 Å². The summed E-state index contributed by atoms with van der Waals surface area (Å²) in [6, 6.07) is 9.28. The van der Waals surface area contributed by atoms with Gasteiger partial charge < -0.3 is 10.1 Å². The summed E-state index contributed by atoms with van der Waals surface area (Å²) >= 11 is 0. The Morgan fingerprint density at radius 3 is 2.71 bits per heavy atom. The molecule has 1 N–H and O–H groups in total. The topological polar surface area (TPSA) is 21.3 Å². The molecular formula is C15H25NO. The Morgan fingerprint density at radius 1 is 1.35 bits per heavy atom. The fraction of sp³-hybridized carbons (Fsp3) is 0.600. The molecule has 0 aromatic heterocycles. The molecule has 0 spiro atoms. The Bertz CT molecular complexity index is 324. The Labute approximate surface area is 105 Å². The van der Waals surface area contributed by atoms with Crippen LogP contribution in [0.3, 0.4) is 0 Å². The number of ether oxygens (including phenoxy) is 1. The first-order valence-electron chi connectivity index (χ1n) is 6.37. The molecule has 0 fully saturated rings. The Hall–Kier alpha value is -0.860. The molecule has 2 atom stereocenters. The van der Waals surface area contributed by atoms with Crippen LogP contribution >= 0.6 is 0 Å². The second-order valence-corrected chi connectivity index (χ2v) is 4.97. The van der Waals surface area contributed by atoms with Gasteiger partial charge in [-0.1, -0.05) is 36.8 Å². The van der Waals surface area contributed by atoms with E-state index in [-0.39, 0.29) is 0 Å². The van der Waals surface area contributed by atoms with Gasteiger partial charge in [-0.2, -0.15) is 0 Å². The predicted octanol–water partition coefficient (Wildman–Crippen LogP) is 2.80. The summed E-state index contributed by atoms with van der Waals surface area (Å²) in [5.41, 5.74) is 2.75. The number of rotatable bonds is 7. The average Bonchev–Trinajstić information content (AvgIpc) is 2.28. The SMILES string of the molecule is CNC(Cc1cccc(C)c1)CC(C)COC. The average molecular weight is 235 g/mol. The van der Waals surface area contributed by atoms with Crippen LogP contribution in [0.4, 0.5) is 0 Å². The molecule has 2 nitrogen and oxygen atoms in total.